The lowest BCUT2D eigenvalue weighted by molar-refractivity contribution is 1.49. The fourth-order valence-electron chi connectivity index (χ4n) is 0.797. The summed E-state index contributed by atoms with van der Waals surface area (Å²) in [6.07, 6.45) is 1.90. The second-order valence-electron chi connectivity index (χ2n) is 2.11. The maximum Gasteiger partial charge on any atom is 0.0344 e. The predicted molar refractivity (Wildman–Crippen MR) is 44.3 cm³/mol. The molecule has 1 rings (SSSR count). The van der Waals surface area contributed by atoms with Crippen LogP contribution in [0.3, 0.4) is 0 Å². The van der Waals surface area contributed by atoms with Crippen LogP contribution < -0.4 is 5.73 Å². The third-order valence-corrected chi connectivity index (χ3v) is 1.42. The van der Waals surface area contributed by atoms with E-state index in [1.807, 2.05) is 43.3 Å². The summed E-state index contributed by atoms with van der Waals surface area (Å²) in [6.45, 7) is 1.93. The first-order valence-corrected chi connectivity index (χ1v) is 3.32. The fourth-order valence-corrected chi connectivity index (χ4v) is 0.797. The van der Waals surface area contributed by atoms with E-state index in [1.54, 1.807) is 0 Å². The summed E-state index contributed by atoms with van der Waals surface area (Å²) in [5.74, 6) is 0. The van der Waals surface area contributed by atoms with Crippen LogP contribution in [0, 0.1) is 0 Å². The molecule has 0 atom stereocenters. The topological polar surface area (TPSA) is 26.0 Å². The van der Waals surface area contributed by atoms with Gasteiger partial charge in [0.05, 0.1) is 0 Å². The van der Waals surface area contributed by atoms with E-state index < -0.39 is 0 Å². The van der Waals surface area contributed by atoms with Crippen LogP contribution >= 0.6 is 0 Å². The third kappa shape index (κ3) is 1.38. The van der Waals surface area contributed by atoms with Gasteiger partial charge >= 0.3 is 0 Å². The number of nitrogens with two attached hydrogens (primary N) is 1. The molecule has 0 heterocycles. The van der Waals surface area contributed by atoms with Crippen LogP contribution in [0.25, 0.3) is 5.70 Å². The highest BCUT2D eigenvalue weighted by Gasteiger charge is 1.89. The SMILES string of the molecule is CC=C(N)c1ccccc1. The second-order valence-corrected chi connectivity index (χ2v) is 2.11. The molecule has 1 aromatic rings. The van der Waals surface area contributed by atoms with Gasteiger partial charge in [-0.3, -0.25) is 0 Å². The van der Waals surface area contributed by atoms with Crippen LogP contribution in [0.4, 0.5) is 0 Å². The molecule has 0 bridgehead atoms. The van der Waals surface area contributed by atoms with E-state index >= 15 is 0 Å². The zero-order chi connectivity index (χ0) is 7.40. The lowest BCUT2D eigenvalue weighted by Crippen LogP contribution is -1.93. The molecule has 0 spiro atoms. The molecule has 0 saturated heterocycles. The van der Waals surface area contributed by atoms with Gasteiger partial charge in [-0.25, -0.2) is 0 Å². The number of hydrogen-bond acceptors (Lipinski definition) is 1. The van der Waals surface area contributed by atoms with Crippen molar-refractivity contribution < 1.29 is 0 Å². The Bertz CT molecular complexity index is 224. The highest BCUT2D eigenvalue weighted by atomic mass is 14.6. The Morgan fingerprint density at radius 3 is 2.40 bits per heavy atom. The predicted octanol–water partition coefficient (Wildman–Crippen LogP) is 2.01. The van der Waals surface area contributed by atoms with E-state index in [2.05, 4.69) is 0 Å². The molecular formula is C9H11N. The molecule has 2 N–H and O–H groups in total. The van der Waals surface area contributed by atoms with Crippen molar-refractivity contribution in [1.82, 2.24) is 0 Å². The molecule has 0 unspecified atom stereocenters. The molecule has 0 amide bonds. The maximum atomic E-state index is 5.66. The quantitative estimate of drug-likeness (QED) is 0.623. The van der Waals surface area contributed by atoms with Gasteiger partial charge < -0.3 is 5.73 Å². The average Bonchev–Trinajstić information content (AvgIpc) is 2.05. The molecule has 1 aromatic carbocycles. The number of rotatable bonds is 1. The Balaban J connectivity index is 2.96. The Kier molecular flexibility index (Phi) is 2.11. The first-order valence-electron chi connectivity index (χ1n) is 3.32. The number of hydrogen-bond donors (Lipinski definition) is 1. The summed E-state index contributed by atoms with van der Waals surface area (Å²) in [7, 11) is 0. The molecule has 0 aliphatic rings. The minimum atomic E-state index is 0.834. The minimum absolute atomic E-state index is 0.834. The van der Waals surface area contributed by atoms with Crippen molar-refractivity contribution in [3.63, 3.8) is 0 Å². The summed E-state index contributed by atoms with van der Waals surface area (Å²) in [5, 5.41) is 0. The van der Waals surface area contributed by atoms with Gasteiger partial charge in [-0.1, -0.05) is 36.4 Å². The Hall–Kier alpha value is -1.24. The molecular weight excluding hydrogens is 122 g/mol. The molecule has 10 heavy (non-hydrogen) atoms. The zero-order valence-electron chi connectivity index (χ0n) is 6.04. The summed E-state index contributed by atoms with van der Waals surface area (Å²) in [4.78, 5) is 0. The van der Waals surface area contributed by atoms with E-state index in [9.17, 15) is 0 Å². The van der Waals surface area contributed by atoms with E-state index in [-0.39, 0.29) is 0 Å². The molecule has 0 saturated carbocycles. The van der Waals surface area contributed by atoms with Crippen LogP contribution in [0.5, 0.6) is 0 Å². The Morgan fingerprint density at radius 1 is 1.30 bits per heavy atom. The third-order valence-electron chi connectivity index (χ3n) is 1.42. The van der Waals surface area contributed by atoms with Crippen molar-refractivity contribution in [3.05, 3.63) is 42.0 Å². The Morgan fingerprint density at radius 2 is 1.90 bits per heavy atom. The monoisotopic (exact) mass is 133 g/mol. The Labute approximate surface area is 61.2 Å². The summed E-state index contributed by atoms with van der Waals surface area (Å²) in [5.41, 5.74) is 7.58. The molecule has 0 fully saturated rings. The van der Waals surface area contributed by atoms with Gasteiger partial charge in [0.25, 0.3) is 0 Å². The number of benzene rings is 1. The molecule has 52 valence electrons. The van der Waals surface area contributed by atoms with Gasteiger partial charge in [-0.2, -0.15) is 0 Å². The van der Waals surface area contributed by atoms with Gasteiger partial charge in [-0.15, -0.1) is 0 Å². The number of allylic oxidation sites excluding steroid dienone is 1. The first kappa shape index (κ1) is 6.87. The second kappa shape index (κ2) is 3.06. The normalized spacial score (nSPS) is 11.5. The van der Waals surface area contributed by atoms with Crippen molar-refractivity contribution in [1.29, 1.82) is 0 Å². The van der Waals surface area contributed by atoms with Gasteiger partial charge in [0.2, 0.25) is 0 Å². The first-order chi connectivity index (χ1) is 4.84. The standard InChI is InChI=1S/C9H11N/c1-2-9(10)8-6-4-3-5-7-8/h2-7H,10H2,1H3. The van der Waals surface area contributed by atoms with Crippen molar-refractivity contribution in [3.8, 4) is 0 Å². The molecule has 1 heteroatoms. The minimum Gasteiger partial charge on any atom is -0.399 e. The largest absolute Gasteiger partial charge is 0.399 e. The van der Waals surface area contributed by atoms with Crippen molar-refractivity contribution >= 4 is 5.70 Å². The average molecular weight is 133 g/mol. The fraction of sp³-hybridized carbons (Fsp3) is 0.111. The van der Waals surface area contributed by atoms with Crippen LogP contribution in [-0.2, 0) is 0 Å². The van der Waals surface area contributed by atoms with Crippen LogP contribution in [0.2, 0.25) is 0 Å². The molecule has 0 aromatic heterocycles. The van der Waals surface area contributed by atoms with Crippen molar-refractivity contribution in [2.45, 2.75) is 6.92 Å². The van der Waals surface area contributed by atoms with Crippen LogP contribution in [0.15, 0.2) is 36.4 Å². The van der Waals surface area contributed by atoms with E-state index in [1.165, 1.54) is 0 Å². The van der Waals surface area contributed by atoms with Gasteiger partial charge in [0.1, 0.15) is 0 Å². The zero-order valence-corrected chi connectivity index (χ0v) is 6.04. The van der Waals surface area contributed by atoms with Gasteiger partial charge in [-0.05, 0) is 12.5 Å². The highest BCUT2D eigenvalue weighted by molar-refractivity contribution is 5.61. The van der Waals surface area contributed by atoms with E-state index in [0.717, 1.165) is 11.3 Å². The van der Waals surface area contributed by atoms with Gasteiger partial charge in [0, 0.05) is 5.70 Å². The van der Waals surface area contributed by atoms with E-state index in [4.69, 9.17) is 5.73 Å². The van der Waals surface area contributed by atoms with Crippen LogP contribution in [-0.4, -0.2) is 0 Å². The van der Waals surface area contributed by atoms with Crippen LogP contribution in [0.1, 0.15) is 12.5 Å². The lowest BCUT2D eigenvalue weighted by atomic mass is 10.2. The summed E-state index contributed by atoms with van der Waals surface area (Å²) < 4.78 is 0. The maximum absolute atomic E-state index is 5.66. The summed E-state index contributed by atoms with van der Waals surface area (Å²) in [6, 6.07) is 9.93. The highest BCUT2D eigenvalue weighted by Crippen LogP contribution is 2.06. The van der Waals surface area contributed by atoms with Crippen molar-refractivity contribution in [2.75, 3.05) is 0 Å². The molecule has 0 radical (unpaired) electrons. The lowest BCUT2D eigenvalue weighted by Gasteiger charge is -1.97. The molecule has 1 nitrogen and oxygen atoms in total. The summed E-state index contributed by atoms with van der Waals surface area (Å²) >= 11 is 0. The van der Waals surface area contributed by atoms with Crippen molar-refractivity contribution in [2.24, 2.45) is 5.73 Å². The molecule has 0 aliphatic carbocycles. The van der Waals surface area contributed by atoms with Gasteiger partial charge in [0.15, 0.2) is 0 Å². The smallest absolute Gasteiger partial charge is 0.0344 e. The molecule has 0 aliphatic heterocycles. The van der Waals surface area contributed by atoms with E-state index in [0.29, 0.717) is 0 Å².